The third-order valence-corrected chi connectivity index (χ3v) is 2.75. The Kier molecular flexibility index (Phi) is 5.06. The van der Waals surface area contributed by atoms with E-state index in [0.717, 1.165) is 30.1 Å². The Labute approximate surface area is 107 Å². The molecular formula is C12H18Cl2N2. The summed E-state index contributed by atoms with van der Waals surface area (Å²) >= 11 is 11.9. The molecule has 1 aromatic rings. The molecule has 0 aliphatic carbocycles. The lowest BCUT2D eigenvalue weighted by Crippen LogP contribution is -2.43. The summed E-state index contributed by atoms with van der Waals surface area (Å²) < 4.78 is 0. The Hall–Kier alpha value is -0.280. The molecule has 0 aliphatic rings. The first-order chi connectivity index (χ1) is 7.38. The van der Waals surface area contributed by atoms with Crippen LogP contribution in [0.25, 0.3) is 0 Å². The number of nitrogens with two attached hydrogens (primary N) is 1. The summed E-state index contributed by atoms with van der Waals surface area (Å²) in [6, 6.07) is 5.58. The highest BCUT2D eigenvalue weighted by Gasteiger charge is 2.09. The Bertz CT molecular complexity index is 345. The second-order valence-corrected chi connectivity index (χ2v) is 5.49. The van der Waals surface area contributed by atoms with Crippen LogP contribution in [0.15, 0.2) is 18.2 Å². The van der Waals surface area contributed by atoms with Crippen molar-refractivity contribution in [1.82, 2.24) is 5.32 Å². The van der Waals surface area contributed by atoms with Crippen LogP contribution in [-0.4, -0.2) is 18.6 Å². The number of benzene rings is 1. The van der Waals surface area contributed by atoms with Gasteiger partial charge in [0.1, 0.15) is 0 Å². The van der Waals surface area contributed by atoms with Gasteiger partial charge in [0.05, 0.1) is 0 Å². The van der Waals surface area contributed by atoms with Crippen molar-refractivity contribution >= 4 is 23.2 Å². The maximum Gasteiger partial charge on any atom is 0.0453 e. The summed E-state index contributed by atoms with van der Waals surface area (Å²) in [4.78, 5) is 0. The van der Waals surface area contributed by atoms with Crippen LogP contribution >= 0.6 is 23.2 Å². The van der Waals surface area contributed by atoms with Crippen molar-refractivity contribution in [2.24, 2.45) is 5.73 Å². The van der Waals surface area contributed by atoms with Gasteiger partial charge >= 0.3 is 0 Å². The van der Waals surface area contributed by atoms with E-state index in [1.165, 1.54) is 0 Å². The molecule has 0 unspecified atom stereocenters. The highest BCUT2D eigenvalue weighted by atomic mass is 35.5. The average Bonchev–Trinajstić information content (AvgIpc) is 2.13. The molecule has 0 saturated carbocycles. The third-order valence-electron chi connectivity index (χ3n) is 2.17. The average molecular weight is 261 g/mol. The van der Waals surface area contributed by atoms with Crippen molar-refractivity contribution in [3.8, 4) is 0 Å². The molecule has 3 N–H and O–H groups in total. The molecule has 0 atom stereocenters. The van der Waals surface area contributed by atoms with Crippen LogP contribution in [0.3, 0.4) is 0 Å². The number of nitrogens with one attached hydrogen (secondary N) is 1. The Morgan fingerprint density at radius 3 is 2.56 bits per heavy atom. The molecule has 2 nitrogen and oxygen atoms in total. The Morgan fingerprint density at radius 1 is 1.31 bits per heavy atom. The van der Waals surface area contributed by atoms with E-state index < -0.39 is 0 Å². The molecule has 16 heavy (non-hydrogen) atoms. The van der Waals surface area contributed by atoms with Gasteiger partial charge in [-0.2, -0.15) is 0 Å². The van der Waals surface area contributed by atoms with Gasteiger partial charge in [-0.05, 0) is 44.5 Å². The Balaban J connectivity index is 2.38. The second-order valence-electron chi connectivity index (χ2n) is 4.65. The summed E-state index contributed by atoms with van der Waals surface area (Å²) in [6.45, 7) is 5.64. The lowest BCUT2D eigenvalue weighted by molar-refractivity contribution is 0.469. The fourth-order valence-corrected chi connectivity index (χ4v) is 1.86. The largest absolute Gasteiger partial charge is 0.324 e. The van der Waals surface area contributed by atoms with Gasteiger partial charge in [0.25, 0.3) is 0 Å². The topological polar surface area (TPSA) is 38.0 Å². The molecule has 90 valence electrons. The number of hydrogen-bond acceptors (Lipinski definition) is 2. The number of hydrogen-bond donors (Lipinski definition) is 2. The van der Waals surface area contributed by atoms with E-state index in [9.17, 15) is 0 Å². The number of rotatable bonds is 5. The second kappa shape index (κ2) is 5.87. The predicted octanol–water partition coefficient (Wildman–Crippen LogP) is 2.86. The standard InChI is InChI=1S/C12H18Cl2N2/c1-12(2,15)8-16-6-5-9-3-4-10(13)7-11(9)14/h3-4,7,16H,5-6,8,15H2,1-2H3. The van der Waals surface area contributed by atoms with Gasteiger partial charge in [0, 0.05) is 22.1 Å². The summed E-state index contributed by atoms with van der Waals surface area (Å²) in [7, 11) is 0. The summed E-state index contributed by atoms with van der Waals surface area (Å²) in [6.07, 6.45) is 0.881. The maximum atomic E-state index is 6.06. The van der Waals surface area contributed by atoms with Crippen molar-refractivity contribution in [1.29, 1.82) is 0 Å². The third kappa shape index (κ3) is 5.17. The number of halogens is 2. The van der Waals surface area contributed by atoms with E-state index in [4.69, 9.17) is 28.9 Å². The zero-order valence-electron chi connectivity index (χ0n) is 9.69. The molecule has 0 saturated heterocycles. The molecule has 0 bridgehead atoms. The smallest absolute Gasteiger partial charge is 0.0453 e. The van der Waals surface area contributed by atoms with E-state index in [1.54, 1.807) is 6.07 Å². The highest BCUT2D eigenvalue weighted by molar-refractivity contribution is 6.35. The predicted molar refractivity (Wildman–Crippen MR) is 71.3 cm³/mol. The van der Waals surface area contributed by atoms with Crippen molar-refractivity contribution in [3.63, 3.8) is 0 Å². The zero-order valence-corrected chi connectivity index (χ0v) is 11.2. The van der Waals surface area contributed by atoms with Crippen LogP contribution in [0, 0.1) is 0 Å². The van der Waals surface area contributed by atoms with Gasteiger partial charge in [0.15, 0.2) is 0 Å². The lowest BCUT2D eigenvalue weighted by atomic mass is 10.1. The summed E-state index contributed by atoms with van der Waals surface area (Å²) in [5, 5.41) is 4.69. The molecule has 0 radical (unpaired) electrons. The zero-order chi connectivity index (χ0) is 12.2. The molecule has 0 fully saturated rings. The molecule has 0 heterocycles. The molecule has 0 aromatic heterocycles. The summed E-state index contributed by atoms with van der Waals surface area (Å²) in [5.74, 6) is 0. The lowest BCUT2D eigenvalue weighted by Gasteiger charge is -2.19. The van der Waals surface area contributed by atoms with Crippen molar-refractivity contribution < 1.29 is 0 Å². The summed E-state index contributed by atoms with van der Waals surface area (Å²) in [5.41, 5.74) is 6.79. The van der Waals surface area contributed by atoms with Gasteiger partial charge in [-0.3, -0.25) is 0 Å². The van der Waals surface area contributed by atoms with E-state index in [2.05, 4.69) is 5.32 Å². The minimum Gasteiger partial charge on any atom is -0.324 e. The van der Waals surface area contributed by atoms with Crippen LogP contribution in [0.4, 0.5) is 0 Å². The minimum atomic E-state index is -0.177. The van der Waals surface area contributed by atoms with Gasteiger partial charge < -0.3 is 11.1 Å². The van der Waals surface area contributed by atoms with Crippen LogP contribution in [0.1, 0.15) is 19.4 Å². The van der Waals surface area contributed by atoms with Gasteiger partial charge in [-0.25, -0.2) is 0 Å². The maximum absolute atomic E-state index is 6.06. The van der Waals surface area contributed by atoms with Crippen molar-refractivity contribution in [2.45, 2.75) is 25.8 Å². The van der Waals surface area contributed by atoms with Crippen LogP contribution in [0.2, 0.25) is 10.0 Å². The fourth-order valence-electron chi connectivity index (χ4n) is 1.36. The first kappa shape index (κ1) is 13.8. The monoisotopic (exact) mass is 260 g/mol. The Morgan fingerprint density at radius 2 is 2.00 bits per heavy atom. The van der Waals surface area contributed by atoms with Gasteiger partial charge in [-0.15, -0.1) is 0 Å². The first-order valence-electron chi connectivity index (χ1n) is 5.32. The van der Waals surface area contributed by atoms with E-state index in [-0.39, 0.29) is 5.54 Å². The SMILES string of the molecule is CC(C)(N)CNCCc1ccc(Cl)cc1Cl. The molecule has 0 aliphatic heterocycles. The van der Waals surface area contributed by atoms with Gasteiger partial charge in [-0.1, -0.05) is 29.3 Å². The van der Waals surface area contributed by atoms with Crippen molar-refractivity contribution in [2.75, 3.05) is 13.1 Å². The molecular weight excluding hydrogens is 243 g/mol. The highest BCUT2D eigenvalue weighted by Crippen LogP contribution is 2.20. The molecule has 4 heteroatoms. The first-order valence-corrected chi connectivity index (χ1v) is 6.07. The fraction of sp³-hybridized carbons (Fsp3) is 0.500. The van der Waals surface area contributed by atoms with E-state index in [1.807, 2.05) is 26.0 Å². The molecule has 1 aromatic carbocycles. The molecule has 0 amide bonds. The van der Waals surface area contributed by atoms with Crippen molar-refractivity contribution in [3.05, 3.63) is 33.8 Å². The van der Waals surface area contributed by atoms with E-state index >= 15 is 0 Å². The van der Waals surface area contributed by atoms with Gasteiger partial charge in [0.2, 0.25) is 0 Å². The quantitative estimate of drug-likeness (QED) is 0.800. The van der Waals surface area contributed by atoms with Crippen LogP contribution < -0.4 is 11.1 Å². The van der Waals surface area contributed by atoms with Crippen LogP contribution in [0.5, 0.6) is 0 Å². The molecule has 0 spiro atoms. The molecule has 1 rings (SSSR count). The minimum absolute atomic E-state index is 0.177. The van der Waals surface area contributed by atoms with Crippen LogP contribution in [-0.2, 0) is 6.42 Å². The van der Waals surface area contributed by atoms with E-state index in [0.29, 0.717) is 5.02 Å². The normalized spacial score (nSPS) is 11.8.